The van der Waals surface area contributed by atoms with Crippen molar-refractivity contribution in [2.24, 2.45) is 11.3 Å². The van der Waals surface area contributed by atoms with Crippen molar-refractivity contribution in [2.75, 3.05) is 7.05 Å². The highest BCUT2D eigenvalue weighted by Crippen LogP contribution is 2.40. The number of hydrogen-bond acceptors (Lipinski definition) is 1. The molecule has 0 bridgehead atoms. The molecule has 0 aromatic heterocycles. The third-order valence-corrected chi connectivity index (χ3v) is 3.90. The van der Waals surface area contributed by atoms with Gasteiger partial charge in [0.1, 0.15) is 0 Å². The smallest absolute Gasteiger partial charge is 0.0333 e. The van der Waals surface area contributed by atoms with Crippen LogP contribution in [0.15, 0.2) is 12.2 Å². The van der Waals surface area contributed by atoms with Gasteiger partial charge in [-0.1, -0.05) is 32.9 Å². The minimum Gasteiger partial charge on any atom is -0.311 e. The molecule has 0 aromatic carbocycles. The molecule has 2 unspecified atom stereocenters. The lowest BCUT2D eigenvalue weighted by atomic mass is 9.69. The number of nitrogens with one attached hydrogen (secondary N) is 1. The van der Waals surface area contributed by atoms with E-state index in [0.29, 0.717) is 5.41 Å². The molecule has 1 nitrogen and oxygen atoms in total. The number of likely N-dealkylation sites (N-methyl/N-ethyl adjacent to an activating group) is 1. The lowest BCUT2D eigenvalue weighted by Crippen LogP contribution is -2.42. The maximum atomic E-state index is 3.37. The Bertz CT molecular complexity index is 207. The van der Waals surface area contributed by atoms with Crippen LogP contribution < -0.4 is 5.32 Å². The van der Waals surface area contributed by atoms with E-state index in [1.165, 1.54) is 12.8 Å². The van der Waals surface area contributed by atoms with Gasteiger partial charge < -0.3 is 5.32 Å². The summed E-state index contributed by atoms with van der Waals surface area (Å²) in [7, 11) is 2.04. The van der Waals surface area contributed by atoms with E-state index >= 15 is 0 Å². The van der Waals surface area contributed by atoms with E-state index in [4.69, 9.17) is 0 Å². The van der Waals surface area contributed by atoms with Crippen LogP contribution in [0.1, 0.15) is 40.5 Å². The Labute approximate surface area is 82.6 Å². The lowest BCUT2D eigenvalue weighted by Gasteiger charge is -2.40. The molecule has 13 heavy (non-hydrogen) atoms. The summed E-state index contributed by atoms with van der Waals surface area (Å²) in [6.45, 7) is 9.26. The van der Waals surface area contributed by atoms with Crippen LogP contribution in [0.5, 0.6) is 0 Å². The average molecular weight is 181 g/mol. The highest BCUT2D eigenvalue weighted by Gasteiger charge is 2.33. The fourth-order valence-electron chi connectivity index (χ4n) is 1.76. The number of allylic oxidation sites excluding steroid dienone is 1. The Kier molecular flexibility index (Phi) is 2.86. The topological polar surface area (TPSA) is 12.0 Å². The standard InChI is InChI=1S/C12H23N/c1-10(2)11(3)6-8-12(4,13-5)9-7-11/h6,8,10,13H,7,9H2,1-5H3. The van der Waals surface area contributed by atoms with Crippen LogP contribution in [0.4, 0.5) is 0 Å². The maximum absolute atomic E-state index is 3.37. The van der Waals surface area contributed by atoms with Gasteiger partial charge in [0.15, 0.2) is 0 Å². The van der Waals surface area contributed by atoms with Gasteiger partial charge in [0.2, 0.25) is 0 Å². The Balaban J connectivity index is 2.77. The Morgan fingerprint density at radius 1 is 1.15 bits per heavy atom. The molecule has 2 atom stereocenters. The van der Waals surface area contributed by atoms with Gasteiger partial charge in [-0.2, -0.15) is 0 Å². The average Bonchev–Trinajstić information content (AvgIpc) is 2.11. The van der Waals surface area contributed by atoms with E-state index in [1.807, 2.05) is 7.05 Å². The zero-order chi connectivity index (χ0) is 10.1. The first-order valence-electron chi connectivity index (χ1n) is 5.31. The molecule has 1 aliphatic rings. The Hall–Kier alpha value is -0.300. The van der Waals surface area contributed by atoms with Crippen LogP contribution in [0, 0.1) is 11.3 Å². The molecule has 0 saturated heterocycles. The van der Waals surface area contributed by atoms with E-state index in [1.54, 1.807) is 0 Å². The van der Waals surface area contributed by atoms with Gasteiger partial charge in [-0.3, -0.25) is 0 Å². The third kappa shape index (κ3) is 2.14. The third-order valence-electron chi connectivity index (χ3n) is 3.90. The predicted molar refractivity (Wildman–Crippen MR) is 58.8 cm³/mol. The van der Waals surface area contributed by atoms with Crippen molar-refractivity contribution >= 4 is 0 Å². The van der Waals surface area contributed by atoms with Crippen LogP contribution in [0.3, 0.4) is 0 Å². The van der Waals surface area contributed by atoms with Crippen LogP contribution in [0.25, 0.3) is 0 Å². The fraction of sp³-hybridized carbons (Fsp3) is 0.833. The molecule has 0 amide bonds. The zero-order valence-electron chi connectivity index (χ0n) is 9.65. The van der Waals surface area contributed by atoms with Crippen molar-refractivity contribution in [2.45, 2.75) is 46.1 Å². The van der Waals surface area contributed by atoms with Crippen molar-refractivity contribution in [1.29, 1.82) is 0 Å². The van der Waals surface area contributed by atoms with E-state index in [9.17, 15) is 0 Å². The molecule has 0 spiro atoms. The first kappa shape index (κ1) is 10.8. The van der Waals surface area contributed by atoms with E-state index < -0.39 is 0 Å². The van der Waals surface area contributed by atoms with Crippen LogP contribution in [-0.4, -0.2) is 12.6 Å². The fourth-order valence-corrected chi connectivity index (χ4v) is 1.76. The molecular weight excluding hydrogens is 158 g/mol. The molecule has 1 rings (SSSR count). The summed E-state index contributed by atoms with van der Waals surface area (Å²) in [4.78, 5) is 0. The van der Waals surface area contributed by atoms with Crippen LogP contribution in [-0.2, 0) is 0 Å². The summed E-state index contributed by atoms with van der Waals surface area (Å²) in [5.41, 5.74) is 0.644. The first-order valence-corrected chi connectivity index (χ1v) is 5.31. The second-order valence-electron chi connectivity index (χ2n) is 5.16. The summed E-state index contributed by atoms with van der Waals surface area (Å²) < 4.78 is 0. The molecule has 0 aliphatic heterocycles. The van der Waals surface area contributed by atoms with E-state index in [2.05, 4.69) is 45.2 Å². The minimum atomic E-state index is 0.231. The van der Waals surface area contributed by atoms with Gasteiger partial charge in [-0.25, -0.2) is 0 Å². The molecular formula is C12H23N. The maximum Gasteiger partial charge on any atom is 0.0333 e. The first-order chi connectivity index (χ1) is 5.92. The van der Waals surface area contributed by atoms with Crippen molar-refractivity contribution in [3.05, 3.63) is 12.2 Å². The van der Waals surface area contributed by atoms with E-state index in [0.717, 1.165) is 5.92 Å². The quantitative estimate of drug-likeness (QED) is 0.646. The van der Waals surface area contributed by atoms with E-state index in [-0.39, 0.29) is 5.54 Å². The SMILES string of the molecule is CNC1(C)C=CC(C)(C(C)C)CC1. The normalized spacial score (nSPS) is 39.8. The summed E-state index contributed by atoms with van der Waals surface area (Å²) in [6.07, 6.45) is 7.28. The number of rotatable bonds is 2. The Morgan fingerprint density at radius 3 is 2.08 bits per heavy atom. The van der Waals surface area contributed by atoms with Crippen LogP contribution >= 0.6 is 0 Å². The van der Waals surface area contributed by atoms with Gasteiger partial charge in [-0.15, -0.1) is 0 Å². The minimum absolute atomic E-state index is 0.231. The molecule has 0 radical (unpaired) electrons. The molecule has 0 heterocycles. The Morgan fingerprint density at radius 2 is 1.77 bits per heavy atom. The molecule has 76 valence electrons. The second-order valence-corrected chi connectivity index (χ2v) is 5.16. The summed E-state index contributed by atoms with van der Waals surface area (Å²) >= 11 is 0. The van der Waals surface area contributed by atoms with Gasteiger partial charge >= 0.3 is 0 Å². The van der Waals surface area contributed by atoms with Crippen molar-refractivity contribution in [3.8, 4) is 0 Å². The molecule has 1 heteroatoms. The summed E-state index contributed by atoms with van der Waals surface area (Å²) in [6, 6.07) is 0. The van der Waals surface area contributed by atoms with Gasteiger partial charge in [0, 0.05) is 5.54 Å². The van der Waals surface area contributed by atoms with Gasteiger partial charge in [-0.05, 0) is 38.1 Å². The van der Waals surface area contributed by atoms with Crippen molar-refractivity contribution in [3.63, 3.8) is 0 Å². The van der Waals surface area contributed by atoms with Gasteiger partial charge in [0.25, 0.3) is 0 Å². The van der Waals surface area contributed by atoms with Crippen LogP contribution in [0.2, 0.25) is 0 Å². The largest absolute Gasteiger partial charge is 0.311 e. The highest BCUT2D eigenvalue weighted by atomic mass is 14.9. The highest BCUT2D eigenvalue weighted by molar-refractivity contribution is 5.14. The monoisotopic (exact) mass is 181 g/mol. The predicted octanol–water partition coefficient (Wildman–Crippen LogP) is 2.98. The lowest BCUT2D eigenvalue weighted by molar-refractivity contribution is 0.222. The molecule has 0 saturated carbocycles. The molecule has 1 N–H and O–H groups in total. The zero-order valence-corrected chi connectivity index (χ0v) is 9.65. The molecule has 0 fully saturated rings. The van der Waals surface area contributed by atoms with Crippen molar-refractivity contribution < 1.29 is 0 Å². The van der Waals surface area contributed by atoms with Crippen molar-refractivity contribution in [1.82, 2.24) is 5.32 Å². The summed E-state index contributed by atoms with van der Waals surface area (Å²) in [5.74, 6) is 0.741. The summed E-state index contributed by atoms with van der Waals surface area (Å²) in [5, 5.41) is 3.37. The number of hydrogen-bond donors (Lipinski definition) is 1. The van der Waals surface area contributed by atoms with Gasteiger partial charge in [0.05, 0.1) is 0 Å². The second kappa shape index (κ2) is 3.45. The molecule has 0 aromatic rings. The molecule has 1 aliphatic carbocycles.